The first-order valence-corrected chi connectivity index (χ1v) is 7.31. The molecule has 6 heteroatoms. The van der Waals surface area contributed by atoms with E-state index >= 15 is 0 Å². The number of fused-ring (bicyclic) bond motifs is 1. The average molecular weight is 322 g/mol. The number of esters is 1. The highest BCUT2D eigenvalue weighted by atomic mass is 16.5. The van der Waals surface area contributed by atoms with Gasteiger partial charge in [-0.25, -0.2) is 0 Å². The van der Waals surface area contributed by atoms with Crippen molar-refractivity contribution < 1.29 is 28.9 Å². The predicted octanol–water partition coefficient (Wildman–Crippen LogP) is 2.17. The third-order valence-electron chi connectivity index (χ3n) is 3.87. The summed E-state index contributed by atoms with van der Waals surface area (Å²) in [5.74, 6) is -1.05. The molecule has 0 radical (unpaired) electrons. The van der Waals surface area contributed by atoms with E-state index in [-0.39, 0.29) is 18.4 Å². The van der Waals surface area contributed by atoms with Gasteiger partial charge in [0.25, 0.3) is 0 Å². The molecule has 2 rings (SSSR count). The Kier molecular flexibility index (Phi) is 4.28. The first-order chi connectivity index (χ1) is 10.7. The maximum Gasteiger partial charge on any atom is 0.328 e. The number of aliphatic carboxylic acids is 1. The van der Waals surface area contributed by atoms with Crippen molar-refractivity contribution in [1.29, 1.82) is 0 Å². The first kappa shape index (κ1) is 17.1. The molecule has 1 atom stereocenters. The highest BCUT2D eigenvalue weighted by Crippen LogP contribution is 2.47. The van der Waals surface area contributed by atoms with Crippen LogP contribution in [0.15, 0.2) is 12.1 Å². The maximum atomic E-state index is 12.5. The number of carbonyl (C=O) groups is 2. The van der Waals surface area contributed by atoms with Crippen molar-refractivity contribution in [1.82, 2.24) is 0 Å². The van der Waals surface area contributed by atoms with Crippen LogP contribution in [0.1, 0.15) is 31.9 Å². The van der Waals surface area contributed by atoms with Gasteiger partial charge in [-0.15, -0.1) is 0 Å². The molecule has 0 heterocycles. The van der Waals surface area contributed by atoms with E-state index in [0.29, 0.717) is 17.1 Å². The van der Waals surface area contributed by atoms with Gasteiger partial charge in [0.05, 0.1) is 20.8 Å². The summed E-state index contributed by atoms with van der Waals surface area (Å²) in [6, 6.07) is 3.25. The van der Waals surface area contributed by atoms with Crippen molar-refractivity contribution in [3.05, 3.63) is 23.3 Å². The smallest absolute Gasteiger partial charge is 0.328 e. The van der Waals surface area contributed by atoms with Crippen molar-refractivity contribution in [3.8, 4) is 11.5 Å². The van der Waals surface area contributed by atoms with Crippen molar-refractivity contribution in [2.75, 3.05) is 20.8 Å². The van der Waals surface area contributed by atoms with Gasteiger partial charge in [0.15, 0.2) is 16.9 Å². The molecule has 0 saturated heterocycles. The normalized spacial score (nSPS) is 19.3. The minimum absolute atomic E-state index is 0.0843. The fourth-order valence-corrected chi connectivity index (χ4v) is 2.60. The van der Waals surface area contributed by atoms with Gasteiger partial charge in [-0.3, -0.25) is 9.59 Å². The van der Waals surface area contributed by atoms with Crippen LogP contribution in [0.2, 0.25) is 0 Å². The molecule has 0 fully saturated rings. The number of ether oxygens (including phenoxy) is 3. The minimum atomic E-state index is -1.67. The first-order valence-electron chi connectivity index (χ1n) is 7.31. The lowest BCUT2D eigenvalue weighted by Gasteiger charge is -2.39. The molecular formula is C17H22O6. The van der Waals surface area contributed by atoms with Crippen LogP contribution in [0.25, 0.3) is 0 Å². The van der Waals surface area contributed by atoms with Gasteiger partial charge in [0.2, 0.25) is 0 Å². The Morgan fingerprint density at radius 3 is 2.22 bits per heavy atom. The number of carbonyl (C=O) groups excluding carboxylic acids is 1. The second-order valence-electron chi connectivity index (χ2n) is 6.89. The number of carboxylic acid groups (broad SMARTS) is 1. The number of hydrogen-bond donors (Lipinski definition) is 1. The minimum Gasteiger partial charge on any atom is -0.493 e. The quantitative estimate of drug-likeness (QED) is 0.661. The van der Waals surface area contributed by atoms with Gasteiger partial charge in [0.1, 0.15) is 0 Å². The predicted molar refractivity (Wildman–Crippen MR) is 83.0 cm³/mol. The van der Waals surface area contributed by atoms with Crippen LogP contribution in [-0.2, 0) is 26.2 Å². The van der Waals surface area contributed by atoms with E-state index in [9.17, 15) is 14.7 Å². The summed E-state index contributed by atoms with van der Waals surface area (Å²) in [6.45, 7) is 5.90. The van der Waals surface area contributed by atoms with Gasteiger partial charge >= 0.3 is 11.9 Å². The second-order valence-corrected chi connectivity index (χ2v) is 6.89. The van der Waals surface area contributed by atoms with Gasteiger partial charge < -0.3 is 19.3 Å². The molecule has 0 aliphatic heterocycles. The van der Waals surface area contributed by atoms with Gasteiger partial charge in [-0.05, 0) is 28.7 Å². The van der Waals surface area contributed by atoms with Crippen molar-refractivity contribution >= 4 is 11.9 Å². The van der Waals surface area contributed by atoms with Crippen LogP contribution in [0.4, 0.5) is 0 Å². The highest BCUT2D eigenvalue weighted by molar-refractivity contribution is 6.08. The SMILES string of the molecule is COc1cc2c(cc1OC)C(C(=O)O)(C(=O)OCC(C)(C)C)C2. The molecule has 126 valence electrons. The van der Waals surface area contributed by atoms with Crippen molar-refractivity contribution in [2.24, 2.45) is 5.41 Å². The molecular weight excluding hydrogens is 300 g/mol. The lowest BCUT2D eigenvalue weighted by Crippen LogP contribution is -2.53. The van der Waals surface area contributed by atoms with E-state index in [1.54, 1.807) is 12.1 Å². The second kappa shape index (κ2) is 5.76. The third-order valence-corrected chi connectivity index (χ3v) is 3.87. The Balaban J connectivity index is 2.38. The zero-order chi connectivity index (χ0) is 17.4. The maximum absolute atomic E-state index is 12.5. The summed E-state index contributed by atoms with van der Waals surface area (Å²) in [5, 5.41) is 9.65. The zero-order valence-corrected chi connectivity index (χ0v) is 14.1. The Morgan fingerprint density at radius 2 is 1.74 bits per heavy atom. The molecule has 1 aliphatic carbocycles. The Hall–Kier alpha value is -2.24. The van der Waals surface area contributed by atoms with Crippen LogP contribution in [0.3, 0.4) is 0 Å². The van der Waals surface area contributed by atoms with Crippen LogP contribution in [0, 0.1) is 5.41 Å². The number of rotatable bonds is 5. The summed E-state index contributed by atoms with van der Waals surface area (Å²) in [5.41, 5.74) is -0.751. The summed E-state index contributed by atoms with van der Waals surface area (Å²) >= 11 is 0. The summed E-state index contributed by atoms with van der Waals surface area (Å²) in [6.07, 6.45) is 0.0843. The van der Waals surface area contributed by atoms with Crippen LogP contribution in [0.5, 0.6) is 11.5 Å². The molecule has 0 amide bonds. The fraction of sp³-hybridized carbons (Fsp3) is 0.529. The number of hydrogen-bond acceptors (Lipinski definition) is 5. The molecule has 1 unspecified atom stereocenters. The molecule has 1 aliphatic rings. The van der Waals surface area contributed by atoms with Crippen molar-refractivity contribution in [2.45, 2.75) is 32.6 Å². The van der Waals surface area contributed by atoms with E-state index in [4.69, 9.17) is 14.2 Å². The van der Waals surface area contributed by atoms with E-state index in [0.717, 1.165) is 5.56 Å². The van der Waals surface area contributed by atoms with Crippen LogP contribution >= 0.6 is 0 Å². The molecule has 6 nitrogen and oxygen atoms in total. The molecule has 0 bridgehead atoms. The monoisotopic (exact) mass is 322 g/mol. The standard InChI is InChI=1S/C17H22O6/c1-16(2,3)9-23-15(20)17(14(18)19)8-10-6-12(21-4)13(22-5)7-11(10)17/h6-7H,8-9H2,1-5H3,(H,18,19). The van der Waals surface area contributed by atoms with E-state index in [1.165, 1.54) is 14.2 Å². The Bertz CT molecular complexity index is 643. The van der Waals surface area contributed by atoms with Gasteiger partial charge in [-0.1, -0.05) is 20.8 Å². The molecule has 0 spiro atoms. The zero-order valence-electron chi connectivity index (χ0n) is 14.1. The number of carboxylic acids is 1. The van der Waals surface area contributed by atoms with Gasteiger partial charge in [-0.2, -0.15) is 0 Å². The van der Waals surface area contributed by atoms with Crippen LogP contribution in [-0.4, -0.2) is 37.9 Å². The third kappa shape index (κ3) is 2.85. The summed E-state index contributed by atoms with van der Waals surface area (Å²) in [4.78, 5) is 24.3. The molecule has 0 aromatic heterocycles. The Morgan fingerprint density at radius 1 is 1.17 bits per heavy atom. The molecule has 0 saturated carbocycles. The van der Waals surface area contributed by atoms with E-state index < -0.39 is 17.4 Å². The Labute approximate surface area is 135 Å². The number of benzene rings is 1. The summed E-state index contributed by atoms with van der Waals surface area (Å²) < 4.78 is 15.7. The van der Waals surface area contributed by atoms with Crippen molar-refractivity contribution in [3.63, 3.8) is 0 Å². The fourth-order valence-electron chi connectivity index (χ4n) is 2.60. The molecule has 23 heavy (non-hydrogen) atoms. The topological polar surface area (TPSA) is 82.1 Å². The van der Waals surface area contributed by atoms with Gasteiger partial charge in [0, 0.05) is 6.42 Å². The lowest BCUT2D eigenvalue weighted by atomic mass is 9.63. The highest BCUT2D eigenvalue weighted by Gasteiger charge is 2.57. The average Bonchev–Trinajstić information content (AvgIpc) is 2.45. The van der Waals surface area contributed by atoms with Crippen LogP contribution < -0.4 is 9.47 Å². The lowest BCUT2D eigenvalue weighted by molar-refractivity contribution is -0.165. The van der Waals surface area contributed by atoms with E-state index in [2.05, 4.69) is 0 Å². The molecule has 1 aromatic carbocycles. The summed E-state index contributed by atoms with van der Waals surface area (Å²) in [7, 11) is 2.97. The number of methoxy groups -OCH3 is 2. The largest absolute Gasteiger partial charge is 0.493 e. The molecule has 1 N–H and O–H groups in total. The van der Waals surface area contributed by atoms with E-state index in [1.807, 2.05) is 20.8 Å². The molecule has 1 aromatic rings.